The monoisotopic (exact) mass is 243 g/mol. The molecule has 0 aromatic heterocycles. The van der Waals surface area contributed by atoms with Gasteiger partial charge in [0.2, 0.25) is 0 Å². The van der Waals surface area contributed by atoms with E-state index in [0.717, 1.165) is 5.56 Å². The molecule has 2 nitrogen and oxygen atoms in total. The van der Waals surface area contributed by atoms with Gasteiger partial charge in [0.1, 0.15) is 0 Å². The molecule has 0 saturated carbocycles. The van der Waals surface area contributed by atoms with Crippen LogP contribution in [0.5, 0.6) is 0 Å². The van der Waals surface area contributed by atoms with Crippen LogP contribution in [0.25, 0.3) is 0 Å². The van der Waals surface area contributed by atoms with Gasteiger partial charge >= 0.3 is 17.1 Å². The number of rotatable bonds is 1. The van der Waals surface area contributed by atoms with Crippen LogP contribution in [-0.4, -0.2) is 10.9 Å². The zero-order chi connectivity index (χ0) is 10.2. The Morgan fingerprint density at radius 3 is 2.20 bits per heavy atom. The van der Waals surface area contributed by atoms with E-state index in [9.17, 15) is 0 Å². The molecule has 0 spiro atoms. The molecule has 0 bridgehead atoms. The van der Waals surface area contributed by atoms with Gasteiger partial charge in [-0.05, 0) is 0 Å². The summed E-state index contributed by atoms with van der Waals surface area (Å²) >= 11 is 0. The molecule has 0 unspecified atom stereocenters. The molecule has 0 amide bonds. The van der Waals surface area contributed by atoms with Crippen LogP contribution in [0.4, 0.5) is 0 Å². The summed E-state index contributed by atoms with van der Waals surface area (Å²) in [5.74, 6) is 0. The van der Waals surface area contributed by atoms with Gasteiger partial charge in [0.15, 0.2) is 0 Å². The Kier molecular flexibility index (Phi) is 7.33. The summed E-state index contributed by atoms with van der Waals surface area (Å²) < 4.78 is 0. The van der Waals surface area contributed by atoms with Crippen molar-refractivity contribution in [1.82, 2.24) is 0 Å². The number of hydrogen-bond donors (Lipinski definition) is 1. The topological polar surface area (TPSA) is 32.6 Å². The van der Waals surface area contributed by atoms with E-state index < -0.39 is 0 Å². The van der Waals surface area contributed by atoms with E-state index in [0.29, 0.717) is 5.71 Å². The Morgan fingerprint density at radius 2 is 1.87 bits per heavy atom. The fourth-order valence-electron chi connectivity index (χ4n) is 0.994. The van der Waals surface area contributed by atoms with Crippen molar-refractivity contribution < 1.29 is 22.3 Å². The molecule has 0 fully saturated rings. The Balaban J connectivity index is 0.000000280. The summed E-state index contributed by atoms with van der Waals surface area (Å²) in [7, 11) is 0. The second-order valence-corrected chi connectivity index (χ2v) is 2.82. The molecule has 0 atom stereocenters. The third-order valence-electron chi connectivity index (χ3n) is 1.79. The molecule has 15 heavy (non-hydrogen) atoms. The molecule has 2 aromatic rings. The Labute approximate surface area is 100 Å². The number of nitrogens with zero attached hydrogens (tertiary/aromatic N) is 1. The van der Waals surface area contributed by atoms with Crippen LogP contribution in [0.15, 0.2) is 59.8 Å². The zero-order valence-electron chi connectivity index (χ0n) is 8.44. The third-order valence-corrected chi connectivity index (χ3v) is 1.79. The van der Waals surface area contributed by atoms with Crippen molar-refractivity contribution in [3.05, 3.63) is 60.2 Å². The van der Waals surface area contributed by atoms with Crippen molar-refractivity contribution >= 4 is 5.71 Å². The quantitative estimate of drug-likeness (QED) is 0.270. The van der Waals surface area contributed by atoms with E-state index >= 15 is 0 Å². The fourth-order valence-corrected chi connectivity index (χ4v) is 0.994. The normalized spacial score (nSPS) is 9.80. The van der Waals surface area contributed by atoms with Gasteiger partial charge in [0.25, 0.3) is 0 Å². The Hall–Kier alpha value is -1.31. The summed E-state index contributed by atoms with van der Waals surface area (Å²) in [6, 6.07) is 17.6. The van der Waals surface area contributed by atoms with Gasteiger partial charge in [-0.25, -0.2) is 12.1 Å². The first kappa shape index (κ1) is 13.7. The molecule has 2 aromatic carbocycles. The van der Waals surface area contributed by atoms with Crippen molar-refractivity contribution in [2.75, 3.05) is 0 Å². The third kappa shape index (κ3) is 5.21. The van der Waals surface area contributed by atoms with Crippen LogP contribution in [-0.2, 0) is 17.1 Å². The Morgan fingerprint density at radius 1 is 1.20 bits per heavy atom. The van der Waals surface area contributed by atoms with E-state index in [2.05, 4.69) is 5.16 Å². The molecular weight excluding hydrogens is 230 g/mol. The standard InChI is InChI=1S/C7H8NO.C5H5.Fe/c1-6(8-9)7-4-2-3-5-7;1-2-4-5-3-1;/h2-5,9H,1H3;1-5H;/q2*-1;+2/b8-6-;;. The van der Waals surface area contributed by atoms with Crippen LogP contribution in [0.3, 0.4) is 0 Å². The first-order chi connectivity index (χ1) is 6.84. The van der Waals surface area contributed by atoms with E-state index in [1.807, 2.05) is 54.6 Å². The van der Waals surface area contributed by atoms with Crippen LogP contribution in [0.2, 0.25) is 0 Å². The fraction of sp³-hybridized carbons (Fsp3) is 0.0833. The maximum atomic E-state index is 8.29. The molecule has 1 N–H and O–H groups in total. The van der Waals surface area contributed by atoms with E-state index in [1.165, 1.54) is 0 Å². The number of oxime groups is 1. The number of hydrogen-bond acceptors (Lipinski definition) is 2. The van der Waals surface area contributed by atoms with Gasteiger partial charge in [-0.3, -0.25) is 0 Å². The minimum Gasteiger partial charge on any atom is -0.420 e. The molecule has 3 heteroatoms. The minimum absolute atomic E-state index is 0. The van der Waals surface area contributed by atoms with Gasteiger partial charge in [-0.1, -0.05) is 6.92 Å². The maximum Gasteiger partial charge on any atom is 2.00 e. The summed E-state index contributed by atoms with van der Waals surface area (Å²) in [6.45, 7) is 1.76. The van der Waals surface area contributed by atoms with Gasteiger partial charge in [0.05, 0.1) is 0 Å². The first-order valence-electron chi connectivity index (χ1n) is 4.42. The van der Waals surface area contributed by atoms with Crippen LogP contribution in [0, 0.1) is 0 Å². The smallest absolute Gasteiger partial charge is 0.420 e. The van der Waals surface area contributed by atoms with Gasteiger partial charge in [-0.2, -0.15) is 36.4 Å². The SMILES string of the molecule is C/C(=N/O)c1ccc[cH-]1.[Fe+2].c1cc[cH-]c1. The Bertz CT molecular complexity index is 332. The average Bonchev–Trinajstić information content (AvgIpc) is 2.91. The molecule has 0 aliphatic carbocycles. The molecule has 80 valence electrons. The molecule has 0 radical (unpaired) electrons. The van der Waals surface area contributed by atoms with Crippen molar-refractivity contribution in [3.63, 3.8) is 0 Å². The maximum absolute atomic E-state index is 8.29. The predicted molar refractivity (Wildman–Crippen MR) is 58.1 cm³/mol. The zero-order valence-corrected chi connectivity index (χ0v) is 9.55. The van der Waals surface area contributed by atoms with Crippen molar-refractivity contribution in [1.29, 1.82) is 0 Å². The van der Waals surface area contributed by atoms with Crippen LogP contribution in [0.1, 0.15) is 12.5 Å². The summed E-state index contributed by atoms with van der Waals surface area (Å²) in [4.78, 5) is 0. The molecule has 0 heterocycles. The van der Waals surface area contributed by atoms with Gasteiger partial charge in [-0.15, -0.1) is 16.8 Å². The van der Waals surface area contributed by atoms with E-state index in [1.54, 1.807) is 6.92 Å². The summed E-state index contributed by atoms with van der Waals surface area (Å²) in [5, 5.41) is 11.3. The molecule has 0 saturated heterocycles. The largest absolute Gasteiger partial charge is 2.00 e. The molecule has 0 aliphatic heterocycles. The van der Waals surface area contributed by atoms with Gasteiger partial charge < -0.3 is 5.21 Å². The second-order valence-electron chi connectivity index (χ2n) is 2.82. The molecular formula is C12H13FeNO. The molecule has 2 rings (SSSR count). The van der Waals surface area contributed by atoms with Gasteiger partial charge in [0, 0.05) is 5.71 Å². The van der Waals surface area contributed by atoms with Crippen molar-refractivity contribution in [2.24, 2.45) is 5.16 Å². The minimum atomic E-state index is 0. The van der Waals surface area contributed by atoms with Crippen molar-refractivity contribution in [2.45, 2.75) is 6.92 Å². The van der Waals surface area contributed by atoms with E-state index in [-0.39, 0.29) is 17.1 Å². The van der Waals surface area contributed by atoms with Crippen LogP contribution < -0.4 is 0 Å². The summed E-state index contributed by atoms with van der Waals surface area (Å²) in [6.07, 6.45) is 0. The predicted octanol–water partition coefficient (Wildman–Crippen LogP) is 3.01. The van der Waals surface area contributed by atoms with Crippen molar-refractivity contribution in [3.8, 4) is 0 Å². The summed E-state index contributed by atoms with van der Waals surface area (Å²) in [5.41, 5.74) is 1.62. The second kappa shape index (κ2) is 8.04. The first-order valence-corrected chi connectivity index (χ1v) is 4.42. The molecule has 0 aliphatic rings. The average molecular weight is 243 g/mol. The van der Waals surface area contributed by atoms with Crippen LogP contribution >= 0.6 is 0 Å². The van der Waals surface area contributed by atoms with E-state index in [4.69, 9.17) is 5.21 Å².